The van der Waals surface area contributed by atoms with Crippen molar-refractivity contribution in [3.05, 3.63) is 24.3 Å². The first-order valence-corrected chi connectivity index (χ1v) is 6.23. The highest BCUT2D eigenvalue weighted by Crippen LogP contribution is 2.26. The van der Waals surface area contributed by atoms with Crippen molar-refractivity contribution in [1.82, 2.24) is 10.2 Å². The molecule has 1 aliphatic heterocycles. The van der Waals surface area contributed by atoms with Crippen LogP contribution in [0.15, 0.2) is 33.9 Å². The molecule has 1 saturated heterocycles. The molecule has 0 radical (unpaired) electrons. The van der Waals surface area contributed by atoms with Crippen molar-refractivity contribution in [2.24, 2.45) is 0 Å². The minimum atomic E-state index is 0.354. The number of hydrogen-bond donors (Lipinski definition) is 1. The lowest BCUT2D eigenvalue weighted by Crippen LogP contribution is -1.87. The molecular weight excluding hydrogens is 238 g/mol. The van der Waals surface area contributed by atoms with E-state index in [1.807, 2.05) is 24.3 Å². The van der Waals surface area contributed by atoms with Gasteiger partial charge >= 0.3 is 0 Å². The van der Waals surface area contributed by atoms with Crippen LogP contribution in [0.1, 0.15) is 0 Å². The number of rotatable bonds is 4. The Morgan fingerprint density at radius 1 is 1.29 bits per heavy atom. The van der Waals surface area contributed by atoms with Crippen LogP contribution in [0.4, 0.5) is 5.69 Å². The monoisotopic (exact) mass is 249 g/mol. The third-order valence-electron chi connectivity index (χ3n) is 2.36. The van der Waals surface area contributed by atoms with Gasteiger partial charge in [-0.05, 0) is 24.3 Å². The number of aromatic nitrogens is 2. The molecule has 2 N–H and O–H groups in total. The van der Waals surface area contributed by atoms with E-state index in [0.29, 0.717) is 22.9 Å². The molecule has 0 bridgehead atoms. The van der Waals surface area contributed by atoms with Crippen molar-refractivity contribution in [3.63, 3.8) is 0 Å². The summed E-state index contributed by atoms with van der Waals surface area (Å²) >= 11 is 1.52. The Morgan fingerprint density at radius 3 is 2.76 bits per heavy atom. The molecular formula is C11H11N3O2S. The van der Waals surface area contributed by atoms with E-state index in [2.05, 4.69) is 10.2 Å². The zero-order valence-electron chi connectivity index (χ0n) is 9.00. The fourth-order valence-corrected chi connectivity index (χ4v) is 2.10. The summed E-state index contributed by atoms with van der Waals surface area (Å²) in [4.78, 5) is 0. The molecule has 88 valence electrons. The number of benzene rings is 1. The van der Waals surface area contributed by atoms with Gasteiger partial charge in [-0.2, -0.15) is 0 Å². The highest BCUT2D eigenvalue weighted by atomic mass is 32.2. The van der Waals surface area contributed by atoms with E-state index in [0.717, 1.165) is 17.9 Å². The molecule has 0 amide bonds. The van der Waals surface area contributed by atoms with E-state index in [-0.39, 0.29) is 0 Å². The molecule has 6 heteroatoms. The van der Waals surface area contributed by atoms with Crippen LogP contribution in [0.3, 0.4) is 0 Å². The predicted molar refractivity (Wildman–Crippen MR) is 64.6 cm³/mol. The Balaban J connectivity index is 1.72. The first-order chi connectivity index (χ1) is 8.31. The number of nitrogens with two attached hydrogens (primary N) is 1. The van der Waals surface area contributed by atoms with Gasteiger partial charge in [-0.3, -0.25) is 0 Å². The van der Waals surface area contributed by atoms with E-state index in [1.54, 1.807) is 0 Å². The minimum absolute atomic E-state index is 0.354. The molecule has 1 unspecified atom stereocenters. The van der Waals surface area contributed by atoms with Crippen LogP contribution in [0.25, 0.3) is 11.5 Å². The van der Waals surface area contributed by atoms with Gasteiger partial charge in [0.05, 0.1) is 12.7 Å². The standard InChI is InChI=1S/C11H11N3O2S/c12-8-3-1-7(2-4-8)10-13-14-11(16-10)17-6-9-5-15-9/h1-4,9H,5-6,12H2. The van der Waals surface area contributed by atoms with Crippen molar-refractivity contribution >= 4 is 17.4 Å². The van der Waals surface area contributed by atoms with E-state index in [4.69, 9.17) is 14.9 Å². The van der Waals surface area contributed by atoms with Gasteiger partial charge in [0, 0.05) is 17.0 Å². The number of nitrogen functional groups attached to an aromatic ring is 1. The van der Waals surface area contributed by atoms with Gasteiger partial charge in [0.25, 0.3) is 5.22 Å². The van der Waals surface area contributed by atoms with E-state index in [1.165, 1.54) is 11.8 Å². The first kappa shape index (κ1) is 10.6. The Bertz CT molecular complexity index is 508. The van der Waals surface area contributed by atoms with Crippen LogP contribution in [0, 0.1) is 0 Å². The highest BCUT2D eigenvalue weighted by Gasteiger charge is 2.23. The number of hydrogen-bond acceptors (Lipinski definition) is 6. The second-order valence-electron chi connectivity index (χ2n) is 3.76. The minimum Gasteiger partial charge on any atom is -0.411 e. The molecule has 1 atom stereocenters. The molecule has 0 aliphatic carbocycles. The van der Waals surface area contributed by atoms with Gasteiger partial charge < -0.3 is 14.9 Å². The molecule has 1 aliphatic rings. The summed E-state index contributed by atoms with van der Waals surface area (Å²) in [5.74, 6) is 1.38. The maximum absolute atomic E-state index is 5.61. The molecule has 2 aromatic rings. The van der Waals surface area contributed by atoms with Crippen LogP contribution < -0.4 is 5.73 Å². The molecule has 5 nitrogen and oxygen atoms in total. The molecule has 0 spiro atoms. The Labute approximate surface area is 102 Å². The number of ether oxygens (including phenoxy) is 1. The van der Waals surface area contributed by atoms with Gasteiger partial charge in [-0.1, -0.05) is 11.8 Å². The summed E-state index contributed by atoms with van der Waals surface area (Å²) < 4.78 is 10.6. The quantitative estimate of drug-likeness (QED) is 0.506. The lowest BCUT2D eigenvalue weighted by molar-refractivity contribution is 0.424. The van der Waals surface area contributed by atoms with Gasteiger partial charge in [0.2, 0.25) is 5.89 Å². The van der Waals surface area contributed by atoms with Gasteiger partial charge in [0.1, 0.15) is 0 Å². The highest BCUT2D eigenvalue weighted by molar-refractivity contribution is 7.99. The Hall–Kier alpha value is -1.53. The fourth-order valence-electron chi connectivity index (χ4n) is 1.34. The van der Waals surface area contributed by atoms with Gasteiger partial charge in [0.15, 0.2) is 0 Å². The summed E-state index contributed by atoms with van der Waals surface area (Å²) in [6.45, 7) is 0.839. The molecule has 1 fully saturated rings. The van der Waals surface area contributed by atoms with Crippen LogP contribution in [-0.2, 0) is 4.74 Å². The Morgan fingerprint density at radius 2 is 2.06 bits per heavy atom. The lowest BCUT2D eigenvalue weighted by atomic mass is 10.2. The molecule has 0 saturated carbocycles. The summed E-state index contributed by atoms with van der Waals surface area (Å²) in [7, 11) is 0. The predicted octanol–water partition coefficient (Wildman–Crippen LogP) is 1.81. The third-order valence-corrected chi connectivity index (χ3v) is 3.31. The zero-order chi connectivity index (χ0) is 11.7. The molecule has 1 aromatic heterocycles. The third kappa shape index (κ3) is 2.59. The van der Waals surface area contributed by atoms with Crippen LogP contribution >= 0.6 is 11.8 Å². The maximum Gasteiger partial charge on any atom is 0.276 e. The van der Waals surface area contributed by atoms with Crippen molar-refractivity contribution in [1.29, 1.82) is 0 Å². The van der Waals surface area contributed by atoms with Crippen molar-refractivity contribution < 1.29 is 9.15 Å². The number of thioether (sulfide) groups is 1. The first-order valence-electron chi connectivity index (χ1n) is 5.25. The van der Waals surface area contributed by atoms with Crippen LogP contribution in [0.5, 0.6) is 0 Å². The average Bonchev–Trinajstić information content (AvgIpc) is 3.06. The second kappa shape index (κ2) is 4.38. The summed E-state index contributed by atoms with van der Waals surface area (Å²) in [6.07, 6.45) is 0.354. The van der Waals surface area contributed by atoms with E-state index < -0.39 is 0 Å². The number of nitrogens with zero attached hydrogens (tertiary/aromatic N) is 2. The smallest absolute Gasteiger partial charge is 0.276 e. The number of epoxide rings is 1. The zero-order valence-corrected chi connectivity index (χ0v) is 9.81. The topological polar surface area (TPSA) is 77.5 Å². The maximum atomic E-state index is 5.61. The SMILES string of the molecule is Nc1ccc(-c2nnc(SCC3CO3)o2)cc1. The van der Waals surface area contributed by atoms with Crippen molar-refractivity contribution in [2.75, 3.05) is 18.1 Å². The summed E-state index contributed by atoms with van der Waals surface area (Å²) in [6, 6.07) is 7.34. The van der Waals surface area contributed by atoms with Gasteiger partial charge in [-0.15, -0.1) is 10.2 Å². The normalized spacial score (nSPS) is 18.2. The molecule has 1 aromatic carbocycles. The van der Waals surface area contributed by atoms with Crippen LogP contribution in [-0.4, -0.2) is 28.7 Å². The largest absolute Gasteiger partial charge is 0.411 e. The summed E-state index contributed by atoms with van der Waals surface area (Å²) in [5.41, 5.74) is 7.21. The van der Waals surface area contributed by atoms with Crippen molar-refractivity contribution in [2.45, 2.75) is 11.3 Å². The van der Waals surface area contributed by atoms with Crippen LogP contribution in [0.2, 0.25) is 0 Å². The lowest BCUT2D eigenvalue weighted by Gasteiger charge is -1.95. The van der Waals surface area contributed by atoms with Gasteiger partial charge in [-0.25, -0.2) is 0 Å². The Kier molecular flexibility index (Phi) is 2.74. The number of anilines is 1. The van der Waals surface area contributed by atoms with E-state index in [9.17, 15) is 0 Å². The second-order valence-corrected chi connectivity index (χ2v) is 4.73. The molecule has 3 rings (SSSR count). The molecule has 2 heterocycles. The van der Waals surface area contributed by atoms with E-state index >= 15 is 0 Å². The van der Waals surface area contributed by atoms with Crippen molar-refractivity contribution in [3.8, 4) is 11.5 Å². The molecule has 17 heavy (non-hydrogen) atoms. The average molecular weight is 249 g/mol. The fraction of sp³-hybridized carbons (Fsp3) is 0.273. The summed E-state index contributed by atoms with van der Waals surface area (Å²) in [5, 5.41) is 8.55.